The Labute approximate surface area is 247 Å². The molecule has 3 aromatic rings. The molecule has 1 N–H and O–H groups in total. The van der Waals surface area contributed by atoms with Gasteiger partial charge in [0.1, 0.15) is 17.6 Å². The summed E-state index contributed by atoms with van der Waals surface area (Å²) in [5.74, 6) is 0.270. The zero-order valence-electron chi connectivity index (χ0n) is 23.9. The number of piperidine rings is 1. The van der Waals surface area contributed by atoms with Gasteiger partial charge in [-0.1, -0.05) is 6.07 Å². The Balaban J connectivity index is 1.17. The molecule has 0 saturated carbocycles. The number of aryl methyl sites for hydroxylation is 1. The summed E-state index contributed by atoms with van der Waals surface area (Å²) >= 11 is 0. The van der Waals surface area contributed by atoms with Gasteiger partial charge < -0.3 is 24.3 Å². The number of hydrogen-bond acceptors (Lipinski definition) is 6. The molecule has 0 unspecified atom stereocenters. The van der Waals surface area contributed by atoms with E-state index < -0.39 is 17.8 Å². The van der Waals surface area contributed by atoms with E-state index in [0.717, 1.165) is 12.1 Å². The molecular formula is C31H33F3N4O5. The lowest BCUT2D eigenvalue weighted by atomic mass is 9.95. The second kappa shape index (κ2) is 12.5. The van der Waals surface area contributed by atoms with Crippen LogP contribution in [0.15, 0.2) is 52.9 Å². The minimum absolute atomic E-state index is 0.000605. The summed E-state index contributed by atoms with van der Waals surface area (Å²) in [6.45, 7) is 2.86. The summed E-state index contributed by atoms with van der Waals surface area (Å²) in [4.78, 5) is 47.2. The highest BCUT2D eigenvalue weighted by Crippen LogP contribution is 2.33. The molecule has 0 bridgehead atoms. The molecule has 3 amide bonds. The van der Waals surface area contributed by atoms with Gasteiger partial charge in [-0.05, 0) is 75.1 Å². The molecule has 9 nitrogen and oxygen atoms in total. The van der Waals surface area contributed by atoms with Crippen LogP contribution in [0.3, 0.4) is 0 Å². The van der Waals surface area contributed by atoms with Gasteiger partial charge in [0.15, 0.2) is 0 Å². The maximum Gasteiger partial charge on any atom is 0.416 e. The minimum Gasteiger partial charge on any atom is -0.497 e. The Kier molecular flexibility index (Phi) is 8.74. The molecule has 2 fully saturated rings. The molecular weight excluding hydrogens is 565 g/mol. The predicted octanol–water partition coefficient (Wildman–Crippen LogP) is 5.09. The van der Waals surface area contributed by atoms with Crippen LogP contribution < -0.4 is 10.1 Å². The van der Waals surface area contributed by atoms with Crippen molar-refractivity contribution in [1.29, 1.82) is 0 Å². The first-order chi connectivity index (χ1) is 20.5. The number of carbonyl (C=O) groups is 3. The van der Waals surface area contributed by atoms with Crippen LogP contribution in [-0.2, 0) is 27.0 Å². The Hall–Kier alpha value is -4.35. The van der Waals surface area contributed by atoms with Crippen molar-refractivity contribution in [2.75, 3.05) is 32.1 Å². The largest absolute Gasteiger partial charge is 0.497 e. The van der Waals surface area contributed by atoms with Crippen LogP contribution in [0.2, 0.25) is 0 Å². The molecule has 2 aliphatic rings. The average molecular weight is 599 g/mol. The Morgan fingerprint density at radius 3 is 2.44 bits per heavy atom. The topological polar surface area (TPSA) is 105 Å². The highest BCUT2D eigenvalue weighted by Gasteiger charge is 2.38. The second-order valence-electron chi connectivity index (χ2n) is 10.8. The summed E-state index contributed by atoms with van der Waals surface area (Å²) < 4.78 is 50.2. The van der Waals surface area contributed by atoms with E-state index in [2.05, 4.69) is 10.3 Å². The Morgan fingerprint density at radius 1 is 1.05 bits per heavy atom. The van der Waals surface area contributed by atoms with Crippen molar-refractivity contribution < 1.29 is 36.7 Å². The summed E-state index contributed by atoms with van der Waals surface area (Å²) in [7, 11) is 1.57. The number of amides is 3. The third-order valence-electron chi connectivity index (χ3n) is 8.04. The van der Waals surface area contributed by atoms with E-state index in [1.807, 2.05) is 0 Å². The van der Waals surface area contributed by atoms with Gasteiger partial charge in [0.05, 0.1) is 24.8 Å². The van der Waals surface area contributed by atoms with E-state index in [9.17, 15) is 27.6 Å². The molecule has 2 aromatic carbocycles. The maximum absolute atomic E-state index is 13.5. The zero-order valence-corrected chi connectivity index (χ0v) is 23.9. The molecule has 2 aliphatic heterocycles. The van der Waals surface area contributed by atoms with Crippen molar-refractivity contribution in [2.45, 2.75) is 51.2 Å². The number of rotatable bonds is 7. The molecule has 5 rings (SSSR count). The fraction of sp³-hybridized carbons (Fsp3) is 0.419. The van der Waals surface area contributed by atoms with Crippen molar-refractivity contribution in [3.8, 4) is 17.2 Å². The Morgan fingerprint density at radius 2 is 1.77 bits per heavy atom. The molecule has 1 atom stereocenters. The van der Waals surface area contributed by atoms with Gasteiger partial charge in [0.25, 0.3) is 0 Å². The highest BCUT2D eigenvalue weighted by molar-refractivity contribution is 5.93. The lowest BCUT2D eigenvalue weighted by molar-refractivity contribution is -0.144. The molecule has 0 aliphatic carbocycles. The van der Waals surface area contributed by atoms with Crippen molar-refractivity contribution in [2.24, 2.45) is 5.92 Å². The van der Waals surface area contributed by atoms with E-state index in [1.165, 1.54) is 12.1 Å². The molecule has 12 heteroatoms. The van der Waals surface area contributed by atoms with Crippen LogP contribution in [0, 0.1) is 12.8 Å². The number of nitrogens with one attached hydrogen (secondary N) is 1. The fourth-order valence-corrected chi connectivity index (χ4v) is 5.60. The maximum atomic E-state index is 13.5. The Bertz CT molecular complexity index is 1480. The smallest absolute Gasteiger partial charge is 0.416 e. The number of alkyl halides is 3. The molecule has 0 radical (unpaired) electrons. The summed E-state index contributed by atoms with van der Waals surface area (Å²) in [5, 5.41) is 2.92. The first kappa shape index (κ1) is 30.1. The van der Waals surface area contributed by atoms with E-state index in [0.29, 0.717) is 68.2 Å². The van der Waals surface area contributed by atoms with Crippen molar-refractivity contribution in [3.63, 3.8) is 0 Å². The van der Waals surface area contributed by atoms with Gasteiger partial charge in [-0.3, -0.25) is 14.4 Å². The molecule has 1 aromatic heterocycles. The van der Waals surface area contributed by atoms with Gasteiger partial charge in [0.2, 0.25) is 23.6 Å². The van der Waals surface area contributed by atoms with Crippen molar-refractivity contribution in [3.05, 3.63) is 65.5 Å². The number of likely N-dealkylation sites (tertiary alicyclic amines) is 2. The molecule has 0 spiro atoms. The molecule has 43 heavy (non-hydrogen) atoms. The van der Waals surface area contributed by atoms with Crippen LogP contribution in [0.25, 0.3) is 11.5 Å². The normalized spacial score (nSPS) is 17.7. The van der Waals surface area contributed by atoms with Crippen LogP contribution >= 0.6 is 0 Å². The number of aromatic nitrogens is 1. The quantitative estimate of drug-likeness (QED) is 0.407. The number of methoxy groups -OCH3 is 1. The first-order valence-electron chi connectivity index (χ1n) is 14.2. The lowest BCUT2D eigenvalue weighted by Crippen LogP contribution is -2.51. The fourth-order valence-electron chi connectivity index (χ4n) is 5.60. The number of carbonyl (C=O) groups excluding carboxylic acids is 3. The van der Waals surface area contributed by atoms with Gasteiger partial charge in [-0.25, -0.2) is 4.98 Å². The van der Waals surface area contributed by atoms with E-state index in [4.69, 9.17) is 9.15 Å². The summed E-state index contributed by atoms with van der Waals surface area (Å²) in [6.07, 6.45) is -2.39. The SMILES string of the molecule is COc1ccc(NC(=O)C2CCN(C(=O)[C@@H]3CCCN3C(=O)Cc3nc(-c4cccc(C(F)(F)F)c4)oc3C)CC2)cc1. The summed E-state index contributed by atoms with van der Waals surface area (Å²) in [6, 6.07) is 11.1. The highest BCUT2D eigenvalue weighted by atomic mass is 19.4. The van der Waals surface area contributed by atoms with Gasteiger partial charge in [0, 0.05) is 36.8 Å². The van der Waals surface area contributed by atoms with Crippen molar-refractivity contribution in [1.82, 2.24) is 14.8 Å². The third-order valence-corrected chi connectivity index (χ3v) is 8.04. The van der Waals surface area contributed by atoms with E-state index in [-0.39, 0.29) is 41.5 Å². The van der Waals surface area contributed by atoms with Crippen LogP contribution in [0.4, 0.5) is 18.9 Å². The molecule has 228 valence electrons. The van der Waals surface area contributed by atoms with Gasteiger partial charge in [-0.2, -0.15) is 13.2 Å². The first-order valence-corrected chi connectivity index (χ1v) is 14.2. The standard InChI is InChI=1S/C31H33F3N4O5/c1-19-25(36-29(43-19)21-5-3-6-22(17-21)31(32,33)34)18-27(39)38-14-4-7-26(38)30(41)37-15-12-20(13-16-37)28(40)35-23-8-10-24(42-2)11-9-23/h3,5-6,8-11,17,20,26H,4,7,12-16,18H2,1-2H3,(H,35,40)/t26-/m0/s1. The second-order valence-corrected chi connectivity index (χ2v) is 10.8. The average Bonchev–Trinajstić information content (AvgIpc) is 3.64. The van der Waals surface area contributed by atoms with Crippen LogP contribution in [0.5, 0.6) is 5.75 Å². The van der Waals surface area contributed by atoms with E-state index in [1.54, 1.807) is 48.1 Å². The molecule has 2 saturated heterocycles. The van der Waals surface area contributed by atoms with Crippen LogP contribution in [-0.4, -0.2) is 65.3 Å². The monoisotopic (exact) mass is 598 g/mol. The number of ether oxygens (including phenoxy) is 1. The lowest BCUT2D eigenvalue weighted by Gasteiger charge is -2.35. The number of oxazole rings is 1. The molecule has 3 heterocycles. The van der Waals surface area contributed by atoms with Crippen molar-refractivity contribution >= 4 is 23.4 Å². The number of benzene rings is 2. The predicted molar refractivity (Wildman–Crippen MR) is 151 cm³/mol. The number of halogens is 3. The zero-order chi connectivity index (χ0) is 30.7. The number of nitrogens with zero attached hydrogens (tertiary/aromatic N) is 3. The van der Waals surface area contributed by atoms with E-state index >= 15 is 0 Å². The number of hydrogen-bond donors (Lipinski definition) is 1. The van der Waals surface area contributed by atoms with Crippen LogP contribution in [0.1, 0.15) is 42.7 Å². The minimum atomic E-state index is -4.51. The van der Waals surface area contributed by atoms with Gasteiger partial charge in [-0.15, -0.1) is 0 Å². The van der Waals surface area contributed by atoms with Gasteiger partial charge >= 0.3 is 6.18 Å². The summed E-state index contributed by atoms with van der Waals surface area (Å²) in [5.41, 5.74) is 0.332. The number of anilines is 1. The third kappa shape index (κ3) is 6.84.